The molecule has 1 heterocycles. The molecule has 1 rings (SSSR count). The topological polar surface area (TPSA) is 12.0 Å². The lowest BCUT2D eigenvalue weighted by Gasteiger charge is -2.13. The zero-order valence-corrected chi connectivity index (χ0v) is 9.67. The lowest BCUT2D eigenvalue weighted by atomic mass is 9.98. The van der Waals surface area contributed by atoms with Gasteiger partial charge in [0.1, 0.15) is 0 Å². The lowest BCUT2D eigenvalue weighted by molar-refractivity contribution is 0.443. The second-order valence-corrected chi connectivity index (χ2v) is 5.30. The lowest BCUT2D eigenvalue weighted by Crippen LogP contribution is -2.20. The van der Waals surface area contributed by atoms with Crippen LogP contribution < -0.4 is 5.32 Å². The number of rotatable bonds is 5. The largest absolute Gasteiger partial charge is 0.316 e. The Kier molecular flexibility index (Phi) is 6.73. The molecular formula is C11H23NS. The van der Waals surface area contributed by atoms with Crippen molar-refractivity contribution in [3.05, 3.63) is 0 Å². The van der Waals surface area contributed by atoms with Gasteiger partial charge in [-0.05, 0) is 56.2 Å². The van der Waals surface area contributed by atoms with Crippen LogP contribution in [0.15, 0.2) is 0 Å². The third-order valence-corrected chi connectivity index (χ3v) is 3.74. The van der Waals surface area contributed by atoms with Crippen molar-refractivity contribution in [1.29, 1.82) is 0 Å². The van der Waals surface area contributed by atoms with Gasteiger partial charge in [0.15, 0.2) is 0 Å². The molecule has 2 heteroatoms. The van der Waals surface area contributed by atoms with Gasteiger partial charge in [-0.2, -0.15) is 11.8 Å². The maximum absolute atomic E-state index is 3.53. The zero-order valence-electron chi connectivity index (χ0n) is 8.85. The van der Waals surface area contributed by atoms with Crippen LogP contribution in [0.5, 0.6) is 0 Å². The second-order valence-electron chi connectivity index (χ2n) is 3.91. The Morgan fingerprint density at radius 2 is 2.31 bits per heavy atom. The SMILES string of the molecule is CCSCCCC1CCCCNC1. The molecule has 1 unspecified atom stereocenters. The minimum absolute atomic E-state index is 0.972. The molecular weight excluding hydrogens is 178 g/mol. The van der Waals surface area contributed by atoms with E-state index in [0.717, 1.165) is 5.92 Å². The van der Waals surface area contributed by atoms with Gasteiger partial charge in [-0.1, -0.05) is 13.3 Å². The maximum Gasteiger partial charge on any atom is -0.00205 e. The Morgan fingerprint density at radius 3 is 3.15 bits per heavy atom. The average Bonchev–Trinajstić information content (AvgIpc) is 2.41. The zero-order chi connectivity index (χ0) is 9.36. The fourth-order valence-electron chi connectivity index (χ4n) is 1.96. The molecule has 0 aromatic carbocycles. The minimum atomic E-state index is 0.972. The summed E-state index contributed by atoms with van der Waals surface area (Å²) in [6.45, 7) is 4.77. The smallest absolute Gasteiger partial charge is 0.00205 e. The molecule has 1 nitrogen and oxygen atoms in total. The number of thioether (sulfide) groups is 1. The standard InChI is InChI=1S/C11H23NS/c1-2-13-9-5-7-11-6-3-4-8-12-10-11/h11-12H,2-10H2,1H3. The van der Waals surface area contributed by atoms with Crippen molar-refractivity contribution in [3.8, 4) is 0 Å². The Hall–Kier alpha value is 0.310. The van der Waals surface area contributed by atoms with Gasteiger partial charge in [-0.25, -0.2) is 0 Å². The highest BCUT2D eigenvalue weighted by Crippen LogP contribution is 2.17. The summed E-state index contributed by atoms with van der Waals surface area (Å²) in [5.74, 6) is 3.62. The highest BCUT2D eigenvalue weighted by Gasteiger charge is 2.10. The fraction of sp³-hybridized carbons (Fsp3) is 1.00. The van der Waals surface area contributed by atoms with Crippen LogP contribution in [-0.4, -0.2) is 24.6 Å². The molecule has 1 fully saturated rings. The second kappa shape index (κ2) is 7.69. The molecule has 0 aromatic heterocycles. The molecule has 0 aromatic rings. The molecule has 0 saturated carbocycles. The quantitative estimate of drug-likeness (QED) is 0.686. The van der Waals surface area contributed by atoms with Crippen LogP contribution in [0, 0.1) is 5.92 Å². The van der Waals surface area contributed by atoms with Crippen molar-refractivity contribution in [1.82, 2.24) is 5.32 Å². The number of nitrogens with one attached hydrogen (secondary N) is 1. The summed E-state index contributed by atoms with van der Waals surface area (Å²) in [5, 5.41) is 3.53. The number of hydrogen-bond acceptors (Lipinski definition) is 2. The summed E-state index contributed by atoms with van der Waals surface area (Å²) >= 11 is 2.08. The fourth-order valence-corrected chi connectivity index (χ4v) is 2.62. The van der Waals surface area contributed by atoms with E-state index in [1.54, 1.807) is 0 Å². The van der Waals surface area contributed by atoms with E-state index in [4.69, 9.17) is 0 Å². The average molecular weight is 201 g/mol. The molecule has 1 aliphatic rings. The van der Waals surface area contributed by atoms with Gasteiger partial charge in [0.25, 0.3) is 0 Å². The Labute approximate surface area is 87.1 Å². The maximum atomic E-state index is 3.53. The first-order valence-electron chi connectivity index (χ1n) is 5.72. The molecule has 0 aliphatic carbocycles. The summed E-state index contributed by atoms with van der Waals surface area (Å²) < 4.78 is 0. The first kappa shape index (κ1) is 11.4. The van der Waals surface area contributed by atoms with Crippen LogP contribution in [0.2, 0.25) is 0 Å². The molecule has 1 N–H and O–H groups in total. The molecule has 13 heavy (non-hydrogen) atoms. The van der Waals surface area contributed by atoms with Gasteiger partial charge < -0.3 is 5.32 Å². The monoisotopic (exact) mass is 201 g/mol. The van der Waals surface area contributed by atoms with Crippen LogP contribution >= 0.6 is 11.8 Å². The van der Waals surface area contributed by atoms with E-state index in [9.17, 15) is 0 Å². The van der Waals surface area contributed by atoms with Gasteiger partial charge in [0, 0.05) is 0 Å². The third-order valence-electron chi connectivity index (χ3n) is 2.75. The van der Waals surface area contributed by atoms with Crippen molar-refractivity contribution in [2.45, 2.75) is 39.0 Å². The van der Waals surface area contributed by atoms with Crippen molar-refractivity contribution >= 4 is 11.8 Å². The Balaban J connectivity index is 1.98. The minimum Gasteiger partial charge on any atom is -0.316 e. The molecule has 1 aliphatic heterocycles. The predicted octanol–water partition coefficient (Wildman–Crippen LogP) is 2.91. The van der Waals surface area contributed by atoms with Gasteiger partial charge in [-0.3, -0.25) is 0 Å². The summed E-state index contributed by atoms with van der Waals surface area (Å²) in [6, 6.07) is 0. The number of hydrogen-bond donors (Lipinski definition) is 1. The van der Waals surface area contributed by atoms with E-state index >= 15 is 0 Å². The Bertz CT molecular complexity index is 109. The van der Waals surface area contributed by atoms with Gasteiger partial charge in [-0.15, -0.1) is 0 Å². The summed E-state index contributed by atoms with van der Waals surface area (Å²) in [4.78, 5) is 0. The van der Waals surface area contributed by atoms with E-state index in [1.807, 2.05) is 0 Å². The van der Waals surface area contributed by atoms with E-state index in [1.165, 1.54) is 56.7 Å². The normalized spacial score (nSPS) is 24.2. The summed E-state index contributed by atoms with van der Waals surface area (Å²) in [5.41, 5.74) is 0. The van der Waals surface area contributed by atoms with Crippen molar-refractivity contribution in [2.75, 3.05) is 24.6 Å². The van der Waals surface area contributed by atoms with E-state index in [0.29, 0.717) is 0 Å². The highest BCUT2D eigenvalue weighted by molar-refractivity contribution is 7.99. The van der Waals surface area contributed by atoms with Crippen molar-refractivity contribution in [3.63, 3.8) is 0 Å². The first-order chi connectivity index (χ1) is 6.43. The Morgan fingerprint density at radius 1 is 1.38 bits per heavy atom. The molecule has 1 atom stereocenters. The predicted molar refractivity (Wildman–Crippen MR) is 62.4 cm³/mol. The van der Waals surface area contributed by atoms with E-state index in [-0.39, 0.29) is 0 Å². The van der Waals surface area contributed by atoms with Gasteiger partial charge >= 0.3 is 0 Å². The van der Waals surface area contributed by atoms with E-state index < -0.39 is 0 Å². The highest BCUT2D eigenvalue weighted by atomic mass is 32.2. The van der Waals surface area contributed by atoms with Crippen LogP contribution in [0.4, 0.5) is 0 Å². The van der Waals surface area contributed by atoms with Crippen LogP contribution in [0.3, 0.4) is 0 Å². The molecule has 1 saturated heterocycles. The summed E-state index contributed by atoms with van der Waals surface area (Å²) in [7, 11) is 0. The first-order valence-corrected chi connectivity index (χ1v) is 6.87. The van der Waals surface area contributed by atoms with Crippen molar-refractivity contribution in [2.24, 2.45) is 5.92 Å². The molecule has 0 amide bonds. The molecule has 0 spiro atoms. The van der Waals surface area contributed by atoms with E-state index in [2.05, 4.69) is 24.0 Å². The molecule has 78 valence electrons. The molecule has 0 radical (unpaired) electrons. The van der Waals surface area contributed by atoms with Crippen LogP contribution in [-0.2, 0) is 0 Å². The van der Waals surface area contributed by atoms with Crippen molar-refractivity contribution < 1.29 is 0 Å². The van der Waals surface area contributed by atoms with Gasteiger partial charge in [0.05, 0.1) is 0 Å². The summed E-state index contributed by atoms with van der Waals surface area (Å²) in [6.07, 6.45) is 7.16. The third kappa shape index (κ3) is 5.58. The van der Waals surface area contributed by atoms with Crippen LogP contribution in [0.1, 0.15) is 39.0 Å². The van der Waals surface area contributed by atoms with Crippen LogP contribution in [0.25, 0.3) is 0 Å². The molecule has 0 bridgehead atoms. The van der Waals surface area contributed by atoms with Gasteiger partial charge in [0.2, 0.25) is 0 Å².